The quantitative estimate of drug-likeness (QED) is 0.897. The zero-order chi connectivity index (χ0) is 13.7. The lowest BCUT2D eigenvalue weighted by molar-refractivity contribution is 0.251. The summed E-state index contributed by atoms with van der Waals surface area (Å²) >= 11 is 4.87. The minimum Gasteiger partial charge on any atom is -0.337 e. The monoisotopic (exact) mass is 340 g/mol. The van der Waals surface area contributed by atoms with E-state index in [1.165, 1.54) is 0 Å². The van der Waals surface area contributed by atoms with E-state index in [0.29, 0.717) is 12.4 Å². The Balaban J connectivity index is 1.80. The van der Waals surface area contributed by atoms with Gasteiger partial charge in [-0.1, -0.05) is 6.92 Å². The van der Waals surface area contributed by atoms with Crippen molar-refractivity contribution < 1.29 is 4.79 Å². The van der Waals surface area contributed by atoms with Gasteiger partial charge in [0.15, 0.2) is 0 Å². The number of hydrogen-bond donors (Lipinski definition) is 2. The van der Waals surface area contributed by atoms with Crippen molar-refractivity contribution >= 4 is 39.1 Å². The average Bonchev–Trinajstić information content (AvgIpc) is 2.93. The van der Waals surface area contributed by atoms with E-state index in [-0.39, 0.29) is 11.9 Å². The molecule has 5 nitrogen and oxygen atoms in total. The van der Waals surface area contributed by atoms with Crippen molar-refractivity contribution in [1.29, 1.82) is 0 Å². The summed E-state index contributed by atoms with van der Waals surface area (Å²) in [5, 5.41) is 8.41. The molecule has 2 N–H and O–H groups in total. The smallest absolute Gasteiger partial charge is 0.320 e. The van der Waals surface area contributed by atoms with Gasteiger partial charge in [0.25, 0.3) is 0 Å². The summed E-state index contributed by atoms with van der Waals surface area (Å²) in [5.74, 6) is 0.714. The molecule has 7 heteroatoms. The average molecular weight is 341 g/mol. The first kappa shape index (κ1) is 14.0. The Morgan fingerprint density at radius 3 is 2.95 bits per heavy atom. The minimum atomic E-state index is -0.266. The van der Waals surface area contributed by atoms with E-state index in [1.807, 2.05) is 18.4 Å². The first-order valence-corrected chi connectivity index (χ1v) is 7.38. The van der Waals surface area contributed by atoms with Crippen molar-refractivity contribution in [3.63, 3.8) is 0 Å². The number of hydrogen-bond acceptors (Lipinski definition) is 4. The minimum absolute atomic E-state index is 0.198. The summed E-state index contributed by atoms with van der Waals surface area (Å²) in [7, 11) is 0. The first-order chi connectivity index (χ1) is 9.15. The van der Waals surface area contributed by atoms with Crippen molar-refractivity contribution in [1.82, 2.24) is 15.3 Å². The van der Waals surface area contributed by atoms with Crippen LogP contribution in [-0.2, 0) is 0 Å². The maximum atomic E-state index is 11.7. The molecule has 100 valence electrons. The largest absolute Gasteiger partial charge is 0.337 e. The number of aromatic nitrogens is 2. The zero-order valence-electron chi connectivity index (χ0n) is 10.3. The van der Waals surface area contributed by atoms with Crippen LogP contribution in [0.2, 0.25) is 0 Å². The number of nitrogens with one attached hydrogen (secondary N) is 2. The summed E-state index contributed by atoms with van der Waals surface area (Å²) in [6.45, 7) is 2.56. The van der Waals surface area contributed by atoms with Gasteiger partial charge >= 0.3 is 6.03 Å². The van der Waals surface area contributed by atoms with Crippen molar-refractivity contribution in [2.75, 3.05) is 11.9 Å². The van der Waals surface area contributed by atoms with Crippen LogP contribution >= 0.6 is 27.3 Å². The van der Waals surface area contributed by atoms with E-state index >= 15 is 0 Å². The van der Waals surface area contributed by atoms with Gasteiger partial charge in [-0.2, -0.15) is 0 Å². The Labute approximate surface area is 123 Å². The van der Waals surface area contributed by atoms with Crippen LogP contribution in [0, 0.1) is 0 Å². The Morgan fingerprint density at radius 2 is 2.32 bits per heavy atom. The lowest BCUT2D eigenvalue weighted by Gasteiger charge is -2.10. The zero-order valence-corrected chi connectivity index (χ0v) is 12.7. The number of urea groups is 1. The van der Waals surface area contributed by atoms with Crippen LogP contribution in [0.15, 0.2) is 34.4 Å². The highest BCUT2D eigenvalue weighted by atomic mass is 79.9. The third-order valence-electron chi connectivity index (χ3n) is 2.41. The van der Waals surface area contributed by atoms with Crippen molar-refractivity contribution in [2.24, 2.45) is 0 Å². The molecule has 0 aliphatic rings. The van der Waals surface area contributed by atoms with E-state index < -0.39 is 0 Å². The maximum absolute atomic E-state index is 11.7. The molecule has 0 saturated carbocycles. The molecule has 0 fully saturated rings. The first-order valence-electron chi connectivity index (χ1n) is 5.71. The summed E-state index contributed by atoms with van der Waals surface area (Å²) in [5.41, 5.74) is 0. The van der Waals surface area contributed by atoms with Gasteiger partial charge in [0.05, 0.1) is 5.01 Å². The van der Waals surface area contributed by atoms with Gasteiger partial charge in [-0.3, -0.25) is 5.32 Å². The molecule has 0 aliphatic heterocycles. The van der Waals surface area contributed by atoms with Crippen LogP contribution in [0.1, 0.15) is 17.8 Å². The highest BCUT2D eigenvalue weighted by Gasteiger charge is 2.10. The van der Waals surface area contributed by atoms with E-state index in [0.717, 1.165) is 9.48 Å². The molecule has 0 radical (unpaired) electrons. The molecule has 19 heavy (non-hydrogen) atoms. The second-order valence-corrected chi connectivity index (χ2v) is 5.81. The number of nitrogens with zero attached hydrogens (tertiary/aromatic N) is 2. The second-order valence-electron chi connectivity index (χ2n) is 3.97. The number of rotatable bonds is 4. The van der Waals surface area contributed by atoms with Crippen LogP contribution in [0.3, 0.4) is 0 Å². The topological polar surface area (TPSA) is 66.9 Å². The summed E-state index contributed by atoms with van der Waals surface area (Å²) in [6, 6.07) is 3.28. The predicted molar refractivity (Wildman–Crippen MR) is 79.5 cm³/mol. The molecule has 0 aliphatic carbocycles. The van der Waals surface area contributed by atoms with Gasteiger partial charge in [-0.15, -0.1) is 11.3 Å². The van der Waals surface area contributed by atoms with E-state index in [9.17, 15) is 4.79 Å². The number of pyridine rings is 1. The molecular formula is C12H13BrN4OS. The normalized spacial score (nSPS) is 11.9. The highest BCUT2D eigenvalue weighted by Crippen LogP contribution is 2.16. The summed E-state index contributed by atoms with van der Waals surface area (Å²) in [4.78, 5) is 20.0. The van der Waals surface area contributed by atoms with Gasteiger partial charge in [0.1, 0.15) is 5.82 Å². The number of halogens is 1. The molecule has 2 rings (SSSR count). The number of carbonyl (C=O) groups excluding carboxylic acids is 1. The maximum Gasteiger partial charge on any atom is 0.320 e. The number of anilines is 1. The number of thiazole rings is 1. The summed E-state index contributed by atoms with van der Waals surface area (Å²) < 4.78 is 0.871. The number of amides is 2. The van der Waals surface area contributed by atoms with Gasteiger partial charge in [0.2, 0.25) is 0 Å². The van der Waals surface area contributed by atoms with Crippen LogP contribution in [0.25, 0.3) is 0 Å². The van der Waals surface area contributed by atoms with Crippen molar-refractivity contribution in [2.45, 2.75) is 12.8 Å². The van der Waals surface area contributed by atoms with Crippen molar-refractivity contribution in [3.8, 4) is 0 Å². The Hall–Kier alpha value is -1.47. The lowest BCUT2D eigenvalue weighted by Crippen LogP contribution is -2.32. The van der Waals surface area contributed by atoms with Gasteiger partial charge in [-0.25, -0.2) is 14.8 Å². The molecule has 2 aromatic rings. The fraction of sp³-hybridized carbons (Fsp3) is 0.250. The van der Waals surface area contributed by atoms with E-state index in [1.54, 1.807) is 29.8 Å². The summed E-state index contributed by atoms with van der Waals surface area (Å²) in [6.07, 6.45) is 3.40. The second kappa shape index (κ2) is 6.63. The molecule has 2 amide bonds. The van der Waals surface area contributed by atoms with Crippen LogP contribution < -0.4 is 10.6 Å². The third kappa shape index (κ3) is 4.29. The SMILES string of the molecule is CC(CNC(=O)Nc1ccc(Br)cn1)c1nccs1. The highest BCUT2D eigenvalue weighted by molar-refractivity contribution is 9.10. The molecule has 2 heterocycles. The fourth-order valence-corrected chi connectivity index (χ4v) is 2.35. The molecule has 0 bridgehead atoms. The Morgan fingerprint density at radius 1 is 1.47 bits per heavy atom. The van der Waals surface area contributed by atoms with Crippen LogP contribution in [0.4, 0.5) is 10.6 Å². The molecular weight excluding hydrogens is 328 g/mol. The van der Waals surface area contributed by atoms with Crippen LogP contribution in [0.5, 0.6) is 0 Å². The molecule has 0 saturated heterocycles. The van der Waals surface area contributed by atoms with Gasteiger partial charge < -0.3 is 5.32 Å². The Kier molecular flexibility index (Phi) is 4.86. The molecule has 0 spiro atoms. The number of carbonyl (C=O) groups is 1. The molecule has 1 unspecified atom stereocenters. The van der Waals surface area contributed by atoms with Gasteiger partial charge in [-0.05, 0) is 28.1 Å². The lowest BCUT2D eigenvalue weighted by atomic mass is 10.2. The van der Waals surface area contributed by atoms with E-state index in [2.05, 4.69) is 36.5 Å². The molecule has 0 aromatic carbocycles. The third-order valence-corrected chi connectivity index (χ3v) is 3.89. The Bertz CT molecular complexity index is 529. The van der Waals surface area contributed by atoms with E-state index in [4.69, 9.17) is 0 Å². The predicted octanol–water partition coefficient (Wildman–Crippen LogP) is 3.23. The van der Waals surface area contributed by atoms with Crippen LogP contribution in [-0.4, -0.2) is 22.5 Å². The molecule has 1 atom stereocenters. The fourth-order valence-electron chi connectivity index (χ4n) is 1.42. The van der Waals surface area contributed by atoms with Crippen molar-refractivity contribution in [3.05, 3.63) is 39.4 Å². The standard InChI is InChI=1S/C12H13BrN4OS/c1-8(11-14-4-5-19-11)6-16-12(18)17-10-3-2-9(13)7-15-10/h2-5,7-8H,6H2,1H3,(H2,15,16,17,18). The molecule has 2 aromatic heterocycles. The van der Waals surface area contributed by atoms with Gasteiger partial charge in [0, 0.05) is 34.7 Å².